The summed E-state index contributed by atoms with van der Waals surface area (Å²) < 4.78 is 0. The Labute approximate surface area is 91.3 Å². The van der Waals surface area contributed by atoms with Crippen molar-refractivity contribution in [2.75, 3.05) is 18.8 Å². The molecule has 0 unspecified atom stereocenters. The lowest BCUT2D eigenvalue weighted by Gasteiger charge is -2.30. The Morgan fingerprint density at radius 3 is 2.87 bits per heavy atom. The number of aromatic nitrogens is 1. The molecule has 2 N–H and O–H groups in total. The molecule has 1 saturated heterocycles. The van der Waals surface area contributed by atoms with Crippen molar-refractivity contribution in [2.24, 2.45) is 5.92 Å². The predicted molar refractivity (Wildman–Crippen MR) is 62.3 cm³/mol. The Balaban J connectivity index is 1.95. The summed E-state index contributed by atoms with van der Waals surface area (Å²) in [6, 6.07) is 3.81. The van der Waals surface area contributed by atoms with E-state index in [9.17, 15) is 0 Å². The number of hydrogen-bond donors (Lipinski definition) is 1. The third kappa shape index (κ3) is 2.69. The number of hydrogen-bond acceptors (Lipinski definition) is 3. The van der Waals surface area contributed by atoms with Crippen molar-refractivity contribution in [1.29, 1.82) is 0 Å². The first-order valence-electron chi connectivity index (χ1n) is 5.67. The normalized spacial score (nSPS) is 19.3. The smallest absolute Gasteiger partial charge is 0.0772 e. The standard InChI is InChI=1S/C12H19N3/c1-10-4-7-15(8-5-10)9-12-11(13)3-2-6-14-12/h2-3,6,10H,4-5,7-9,13H2,1H3. The van der Waals surface area contributed by atoms with Gasteiger partial charge in [-0.25, -0.2) is 0 Å². The molecule has 0 radical (unpaired) electrons. The highest BCUT2D eigenvalue weighted by Crippen LogP contribution is 2.19. The van der Waals surface area contributed by atoms with Gasteiger partial charge in [0.05, 0.1) is 11.4 Å². The molecule has 1 aromatic rings. The third-order valence-corrected chi connectivity index (χ3v) is 3.18. The number of nitrogens with two attached hydrogens (primary N) is 1. The van der Waals surface area contributed by atoms with Crippen LogP contribution >= 0.6 is 0 Å². The van der Waals surface area contributed by atoms with Crippen molar-refractivity contribution in [2.45, 2.75) is 26.3 Å². The number of anilines is 1. The van der Waals surface area contributed by atoms with E-state index in [1.165, 1.54) is 25.9 Å². The molecule has 2 heterocycles. The molecule has 0 atom stereocenters. The summed E-state index contributed by atoms with van der Waals surface area (Å²) in [4.78, 5) is 6.77. The lowest BCUT2D eigenvalue weighted by Crippen LogP contribution is -2.32. The van der Waals surface area contributed by atoms with Crippen molar-refractivity contribution in [3.8, 4) is 0 Å². The first kappa shape index (κ1) is 10.4. The van der Waals surface area contributed by atoms with E-state index in [2.05, 4.69) is 16.8 Å². The highest BCUT2D eigenvalue weighted by molar-refractivity contribution is 5.41. The predicted octanol–water partition coefficient (Wildman–Crippen LogP) is 1.90. The second-order valence-corrected chi connectivity index (χ2v) is 4.50. The lowest BCUT2D eigenvalue weighted by molar-refractivity contribution is 0.184. The van der Waals surface area contributed by atoms with Gasteiger partial charge in [-0.05, 0) is 44.0 Å². The summed E-state index contributed by atoms with van der Waals surface area (Å²) in [5, 5.41) is 0. The highest BCUT2D eigenvalue weighted by Gasteiger charge is 2.16. The lowest BCUT2D eigenvalue weighted by atomic mass is 9.99. The number of nitrogens with zero attached hydrogens (tertiary/aromatic N) is 2. The summed E-state index contributed by atoms with van der Waals surface area (Å²) in [5.41, 5.74) is 7.71. The molecule has 0 aromatic carbocycles. The zero-order valence-electron chi connectivity index (χ0n) is 9.32. The molecule has 0 spiro atoms. The molecule has 15 heavy (non-hydrogen) atoms. The molecule has 1 fully saturated rings. The molecule has 0 amide bonds. The van der Waals surface area contributed by atoms with Gasteiger partial charge in [-0.3, -0.25) is 9.88 Å². The molecule has 1 aromatic heterocycles. The monoisotopic (exact) mass is 205 g/mol. The summed E-state index contributed by atoms with van der Waals surface area (Å²) in [5.74, 6) is 0.877. The van der Waals surface area contributed by atoms with Crippen LogP contribution < -0.4 is 5.73 Å². The van der Waals surface area contributed by atoms with Crippen LogP contribution in [0.1, 0.15) is 25.5 Å². The van der Waals surface area contributed by atoms with Gasteiger partial charge in [0.25, 0.3) is 0 Å². The van der Waals surface area contributed by atoms with Crippen LogP contribution in [0.4, 0.5) is 5.69 Å². The van der Waals surface area contributed by atoms with Gasteiger partial charge >= 0.3 is 0 Å². The minimum absolute atomic E-state index is 0.816. The largest absolute Gasteiger partial charge is 0.397 e. The van der Waals surface area contributed by atoms with Crippen LogP contribution in [0.5, 0.6) is 0 Å². The van der Waals surface area contributed by atoms with E-state index in [-0.39, 0.29) is 0 Å². The minimum atomic E-state index is 0.816. The van der Waals surface area contributed by atoms with E-state index in [0.29, 0.717) is 0 Å². The average Bonchev–Trinajstić information content (AvgIpc) is 2.25. The van der Waals surface area contributed by atoms with Crippen molar-refractivity contribution in [3.05, 3.63) is 24.0 Å². The second-order valence-electron chi connectivity index (χ2n) is 4.50. The fourth-order valence-corrected chi connectivity index (χ4v) is 2.01. The first-order valence-corrected chi connectivity index (χ1v) is 5.67. The van der Waals surface area contributed by atoms with Gasteiger partial charge in [-0.15, -0.1) is 0 Å². The SMILES string of the molecule is CC1CCN(Cc2ncccc2N)CC1. The van der Waals surface area contributed by atoms with E-state index in [1.807, 2.05) is 18.3 Å². The first-order chi connectivity index (χ1) is 7.25. The molecule has 3 nitrogen and oxygen atoms in total. The zero-order chi connectivity index (χ0) is 10.7. The van der Waals surface area contributed by atoms with Gasteiger partial charge in [-0.1, -0.05) is 6.92 Å². The van der Waals surface area contributed by atoms with E-state index >= 15 is 0 Å². The Kier molecular flexibility index (Phi) is 3.21. The van der Waals surface area contributed by atoms with Crippen molar-refractivity contribution >= 4 is 5.69 Å². The summed E-state index contributed by atoms with van der Waals surface area (Å²) >= 11 is 0. The maximum atomic E-state index is 5.88. The number of nitrogen functional groups attached to an aromatic ring is 1. The molecule has 0 bridgehead atoms. The second kappa shape index (κ2) is 4.62. The van der Waals surface area contributed by atoms with Gasteiger partial charge in [0.15, 0.2) is 0 Å². The fraction of sp³-hybridized carbons (Fsp3) is 0.583. The van der Waals surface area contributed by atoms with Crippen molar-refractivity contribution in [3.63, 3.8) is 0 Å². The van der Waals surface area contributed by atoms with Crippen molar-refractivity contribution in [1.82, 2.24) is 9.88 Å². The Morgan fingerprint density at radius 2 is 2.20 bits per heavy atom. The average molecular weight is 205 g/mol. The highest BCUT2D eigenvalue weighted by atomic mass is 15.1. The molecule has 0 aliphatic carbocycles. The van der Waals surface area contributed by atoms with Crippen LogP contribution in [0, 0.1) is 5.92 Å². The molecular weight excluding hydrogens is 186 g/mol. The molecule has 82 valence electrons. The van der Waals surface area contributed by atoms with E-state index < -0.39 is 0 Å². The van der Waals surface area contributed by atoms with Crippen molar-refractivity contribution < 1.29 is 0 Å². The van der Waals surface area contributed by atoms with Gasteiger partial charge in [0.1, 0.15) is 0 Å². The summed E-state index contributed by atoms with van der Waals surface area (Å²) in [7, 11) is 0. The number of likely N-dealkylation sites (tertiary alicyclic amines) is 1. The minimum Gasteiger partial charge on any atom is -0.397 e. The molecule has 1 aliphatic heterocycles. The van der Waals surface area contributed by atoms with Crippen LogP contribution in [-0.2, 0) is 6.54 Å². The van der Waals surface area contributed by atoms with Crippen LogP contribution in [0.25, 0.3) is 0 Å². The number of rotatable bonds is 2. The molecular formula is C12H19N3. The maximum absolute atomic E-state index is 5.88. The molecule has 1 aliphatic rings. The molecule has 0 saturated carbocycles. The van der Waals surface area contributed by atoms with Crippen LogP contribution in [0.3, 0.4) is 0 Å². The van der Waals surface area contributed by atoms with Crippen LogP contribution in [-0.4, -0.2) is 23.0 Å². The zero-order valence-corrected chi connectivity index (χ0v) is 9.32. The maximum Gasteiger partial charge on any atom is 0.0772 e. The topological polar surface area (TPSA) is 42.2 Å². The Hall–Kier alpha value is -1.09. The summed E-state index contributed by atoms with van der Waals surface area (Å²) in [6.45, 7) is 5.58. The van der Waals surface area contributed by atoms with E-state index in [1.54, 1.807) is 0 Å². The van der Waals surface area contributed by atoms with Crippen LogP contribution in [0.2, 0.25) is 0 Å². The summed E-state index contributed by atoms with van der Waals surface area (Å²) in [6.07, 6.45) is 4.41. The Bertz CT molecular complexity index is 316. The van der Waals surface area contributed by atoms with Gasteiger partial charge < -0.3 is 5.73 Å². The fourth-order valence-electron chi connectivity index (χ4n) is 2.01. The van der Waals surface area contributed by atoms with Gasteiger partial charge in [0.2, 0.25) is 0 Å². The number of piperidine rings is 1. The molecule has 2 rings (SSSR count). The molecule has 3 heteroatoms. The number of pyridine rings is 1. The Morgan fingerprint density at radius 1 is 1.47 bits per heavy atom. The van der Waals surface area contributed by atoms with Crippen LogP contribution in [0.15, 0.2) is 18.3 Å². The third-order valence-electron chi connectivity index (χ3n) is 3.18. The van der Waals surface area contributed by atoms with Gasteiger partial charge in [0, 0.05) is 12.7 Å². The quantitative estimate of drug-likeness (QED) is 0.801. The van der Waals surface area contributed by atoms with E-state index in [0.717, 1.165) is 23.8 Å². The van der Waals surface area contributed by atoms with E-state index in [4.69, 9.17) is 5.73 Å². The van der Waals surface area contributed by atoms with Gasteiger partial charge in [-0.2, -0.15) is 0 Å².